The molecule has 4 heteroatoms. The molecule has 1 aliphatic carbocycles. The first kappa shape index (κ1) is 14.5. The molecule has 1 saturated carbocycles. The van der Waals surface area contributed by atoms with E-state index in [-0.39, 0.29) is 11.8 Å². The van der Waals surface area contributed by atoms with E-state index >= 15 is 0 Å². The van der Waals surface area contributed by atoms with Crippen molar-refractivity contribution in [2.24, 2.45) is 11.8 Å². The summed E-state index contributed by atoms with van der Waals surface area (Å²) >= 11 is 0. The van der Waals surface area contributed by atoms with Crippen molar-refractivity contribution in [1.29, 1.82) is 0 Å². The second kappa shape index (κ2) is 7.04. The molecule has 1 saturated heterocycles. The molecule has 0 aromatic carbocycles. The van der Waals surface area contributed by atoms with Crippen LogP contribution in [0.25, 0.3) is 0 Å². The minimum absolute atomic E-state index is 0.156. The average Bonchev–Trinajstić information content (AvgIpc) is 2.42. The molecular formula is C15H26N2O2. The molecule has 2 rings (SSSR count). The first-order valence-electron chi connectivity index (χ1n) is 7.66. The minimum Gasteiger partial charge on any atom is -0.352 e. The van der Waals surface area contributed by atoms with Crippen molar-refractivity contribution in [2.45, 2.75) is 51.5 Å². The third kappa shape index (κ3) is 4.30. The molecule has 1 amide bonds. The molecular weight excluding hydrogens is 240 g/mol. The summed E-state index contributed by atoms with van der Waals surface area (Å²) in [6, 6.07) is 0.369. The van der Waals surface area contributed by atoms with Crippen molar-refractivity contribution in [3.05, 3.63) is 0 Å². The largest absolute Gasteiger partial charge is 0.352 e. The Hall–Kier alpha value is -0.900. The number of rotatable bonds is 4. The molecule has 0 bridgehead atoms. The second-order valence-corrected chi connectivity index (χ2v) is 6.19. The molecule has 0 spiro atoms. The first-order valence-corrected chi connectivity index (χ1v) is 7.66. The summed E-state index contributed by atoms with van der Waals surface area (Å²) in [5, 5.41) is 3.19. The Balaban J connectivity index is 1.71. The molecule has 1 heterocycles. The smallest absolute Gasteiger partial charge is 0.234 e. The number of nitrogens with one attached hydrogen (secondary N) is 1. The summed E-state index contributed by atoms with van der Waals surface area (Å²) in [6.07, 6.45) is 7.75. The predicted octanol–water partition coefficient (Wildman–Crippen LogP) is 1.59. The highest BCUT2D eigenvalue weighted by Crippen LogP contribution is 2.23. The summed E-state index contributed by atoms with van der Waals surface area (Å²) < 4.78 is 0. The highest BCUT2D eigenvalue weighted by atomic mass is 16.2. The number of hydrogen-bond donors (Lipinski definition) is 1. The van der Waals surface area contributed by atoms with Crippen molar-refractivity contribution in [2.75, 3.05) is 19.6 Å². The lowest BCUT2D eigenvalue weighted by atomic mass is 9.86. The van der Waals surface area contributed by atoms with Crippen molar-refractivity contribution in [1.82, 2.24) is 10.2 Å². The quantitative estimate of drug-likeness (QED) is 0.786. The Bertz CT molecular complexity index is 311. The molecule has 2 unspecified atom stereocenters. The monoisotopic (exact) mass is 266 g/mol. The van der Waals surface area contributed by atoms with Gasteiger partial charge in [0.05, 0.1) is 6.54 Å². The number of amides is 1. The zero-order chi connectivity index (χ0) is 13.7. The molecule has 0 radical (unpaired) electrons. The summed E-state index contributed by atoms with van der Waals surface area (Å²) in [5.74, 6) is 0.972. The molecule has 1 aliphatic heterocycles. The van der Waals surface area contributed by atoms with Gasteiger partial charge in [0.2, 0.25) is 5.91 Å². The zero-order valence-corrected chi connectivity index (χ0v) is 11.9. The van der Waals surface area contributed by atoms with Crippen LogP contribution in [0.3, 0.4) is 0 Å². The first-order chi connectivity index (χ1) is 9.19. The van der Waals surface area contributed by atoms with E-state index in [2.05, 4.69) is 17.1 Å². The summed E-state index contributed by atoms with van der Waals surface area (Å²) in [5.41, 5.74) is 0. The zero-order valence-electron chi connectivity index (χ0n) is 11.9. The Kier molecular flexibility index (Phi) is 5.37. The van der Waals surface area contributed by atoms with Crippen LogP contribution in [-0.4, -0.2) is 42.8 Å². The van der Waals surface area contributed by atoms with E-state index in [0.717, 1.165) is 38.6 Å². The Morgan fingerprint density at radius 1 is 1.21 bits per heavy atom. The van der Waals surface area contributed by atoms with Crippen LogP contribution in [0.2, 0.25) is 0 Å². The number of likely N-dealkylation sites (tertiary alicyclic amines) is 1. The molecule has 1 N–H and O–H groups in total. The normalized spacial score (nSPS) is 29.9. The molecule has 0 aromatic heterocycles. The summed E-state index contributed by atoms with van der Waals surface area (Å²) in [4.78, 5) is 24.9. The molecule has 19 heavy (non-hydrogen) atoms. The van der Waals surface area contributed by atoms with Gasteiger partial charge in [-0.25, -0.2) is 0 Å². The highest BCUT2D eigenvalue weighted by molar-refractivity contribution is 5.78. The number of carbonyl (C=O) groups is 2. The average molecular weight is 266 g/mol. The SMILES string of the molecule is CC1CCCCC1NC(=O)CN1CCC(C=O)CC1. The van der Waals surface area contributed by atoms with E-state index in [9.17, 15) is 9.59 Å². The van der Waals surface area contributed by atoms with Crippen molar-refractivity contribution in [3.8, 4) is 0 Å². The minimum atomic E-state index is 0.156. The maximum atomic E-state index is 12.1. The van der Waals surface area contributed by atoms with Gasteiger partial charge in [-0.3, -0.25) is 9.69 Å². The summed E-state index contributed by atoms with van der Waals surface area (Å²) in [7, 11) is 0. The van der Waals surface area contributed by atoms with Crippen LogP contribution in [0.4, 0.5) is 0 Å². The molecule has 2 aliphatic rings. The Morgan fingerprint density at radius 2 is 1.89 bits per heavy atom. The van der Waals surface area contributed by atoms with Crippen LogP contribution in [0.15, 0.2) is 0 Å². The maximum Gasteiger partial charge on any atom is 0.234 e. The fourth-order valence-corrected chi connectivity index (χ4v) is 3.23. The number of carbonyl (C=O) groups excluding carboxylic acids is 2. The fraction of sp³-hybridized carbons (Fsp3) is 0.867. The second-order valence-electron chi connectivity index (χ2n) is 6.19. The Morgan fingerprint density at radius 3 is 2.53 bits per heavy atom. The van der Waals surface area contributed by atoms with Crippen molar-refractivity contribution < 1.29 is 9.59 Å². The topological polar surface area (TPSA) is 49.4 Å². The maximum absolute atomic E-state index is 12.1. The number of piperidine rings is 1. The van der Waals surface area contributed by atoms with Gasteiger partial charge in [-0.15, -0.1) is 0 Å². The van der Waals surface area contributed by atoms with Crippen molar-refractivity contribution in [3.63, 3.8) is 0 Å². The van der Waals surface area contributed by atoms with Gasteiger partial charge in [0.25, 0.3) is 0 Å². The number of nitrogens with zero attached hydrogens (tertiary/aromatic N) is 1. The van der Waals surface area contributed by atoms with E-state index < -0.39 is 0 Å². The van der Waals surface area contributed by atoms with Crippen LogP contribution in [0.5, 0.6) is 0 Å². The lowest BCUT2D eigenvalue weighted by molar-refractivity contribution is -0.124. The van der Waals surface area contributed by atoms with Gasteiger partial charge in [0.1, 0.15) is 6.29 Å². The number of aldehydes is 1. The van der Waals surface area contributed by atoms with Crippen LogP contribution >= 0.6 is 0 Å². The van der Waals surface area contributed by atoms with Crippen molar-refractivity contribution >= 4 is 12.2 Å². The van der Waals surface area contributed by atoms with Gasteiger partial charge < -0.3 is 10.1 Å². The lowest BCUT2D eigenvalue weighted by Crippen LogP contribution is -2.47. The van der Waals surface area contributed by atoms with Crippen LogP contribution < -0.4 is 5.32 Å². The molecule has 108 valence electrons. The number of hydrogen-bond acceptors (Lipinski definition) is 3. The van der Waals surface area contributed by atoms with E-state index in [1.165, 1.54) is 19.3 Å². The standard InChI is InChI=1S/C15H26N2O2/c1-12-4-2-3-5-14(12)16-15(19)10-17-8-6-13(11-18)7-9-17/h11-14H,2-10H2,1H3,(H,16,19). The molecule has 0 aromatic rings. The van der Waals surface area contributed by atoms with Gasteiger partial charge in [-0.2, -0.15) is 0 Å². The fourth-order valence-electron chi connectivity index (χ4n) is 3.23. The highest BCUT2D eigenvalue weighted by Gasteiger charge is 2.25. The molecule has 4 nitrogen and oxygen atoms in total. The molecule has 2 atom stereocenters. The van der Waals surface area contributed by atoms with Gasteiger partial charge in [-0.05, 0) is 44.7 Å². The predicted molar refractivity (Wildman–Crippen MR) is 74.8 cm³/mol. The van der Waals surface area contributed by atoms with E-state index in [1.54, 1.807) is 0 Å². The Labute approximate surface area is 115 Å². The van der Waals surface area contributed by atoms with Gasteiger partial charge >= 0.3 is 0 Å². The third-order valence-electron chi connectivity index (χ3n) is 4.65. The van der Waals surface area contributed by atoms with Crippen LogP contribution in [0.1, 0.15) is 45.4 Å². The van der Waals surface area contributed by atoms with Gasteiger partial charge in [-0.1, -0.05) is 19.8 Å². The summed E-state index contributed by atoms with van der Waals surface area (Å²) in [6.45, 7) is 4.47. The molecule has 2 fully saturated rings. The van der Waals surface area contributed by atoms with E-state index in [0.29, 0.717) is 18.5 Å². The van der Waals surface area contributed by atoms with E-state index in [1.807, 2.05) is 0 Å². The van der Waals surface area contributed by atoms with E-state index in [4.69, 9.17) is 0 Å². The van der Waals surface area contributed by atoms with Crippen LogP contribution in [0, 0.1) is 11.8 Å². The van der Waals surface area contributed by atoms with Gasteiger partial charge in [0.15, 0.2) is 0 Å². The van der Waals surface area contributed by atoms with Crippen LogP contribution in [-0.2, 0) is 9.59 Å². The van der Waals surface area contributed by atoms with Gasteiger partial charge in [0, 0.05) is 12.0 Å². The third-order valence-corrected chi connectivity index (χ3v) is 4.65. The lowest BCUT2D eigenvalue weighted by Gasteiger charge is -2.32.